The molecular formula is C20H31N3O2. The summed E-state index contributed by atoms with van der Waals surface area (Å²) >= 11 is 0. The number of rotatable bonds is 7. The molecule has 1 aliphatic rings. The lowest BCUT2D eigenvalue weighted by molar-refractivity contribution is -0.114. The van der Waals surface area contributed by atoms with E-state index in [4.69, 9.17) is 0 Å². The highest BCUT2D eigenvalue weighted by Gasteiger charge is 2.22. The standard InChI is InChI=1S/C20H31N3O2/c1-16(24)21-19-11-9-18(10-12-19)20(25)23(14-13-22(2)3)15-17-7-5-4-6-8-17/h9-12,17H,4-8,13-15H2,1-3H3,(H,21,24). The van der Waals surface area contributed by atoms with Crippen LogP contribution in [0.2, 0.25) is 0 Å². The highest BCUT2D eigenvalue weighted by atomic mass is 16.2. The van der Waals surface area contributed by atoms with Gasteiger partial charge in [0.05, 0.1) is 0 Å². The van der Waals surface area contributed by atoms with Crippen molar-refractivity contribution in [2.45, 2.75) is 39.0 Å². The molecule has 1 aromatic carbocycles. The Hall–Kier alpha value is -1.88. The monoisotopic (exact) mass is 345 g/mol. The summed E-state index contributed by atoms with van der Waals surface area (Å²) in [4.78, 5) is 28.2. The minimum atomic E-state index is -0.107. The summed E-state index contributed by atoms with van der Waals surface area (Å²) < 4.78 is 0. The Bertz CT molecular complexity index is 563. The number of hydrogen-bond donors (Lipinski definition) is 1. The molecule has 0 saturated heterocycles. The van der Waals surface area contributed by atoms with Crippen molar-refractivity contribution in [3.63, 3.8) is 0 Å². The lowest BCUT2D eigenvalue weighted by atomic mass is 9.89. The van der Waals surface area contributed by atoms with E-state index in [0.29, 0.717) is 11.5 Å². The van der Waals surface area contributed by atoms with E-state index in [0.717, 1.165) is 25.3 Å². The lowest BCUT2D eigenvalue weighted by Gasteiger charge is -2.30. The molecule has 0 bridgehead atoms. The van der Waals surface area contributed by atoms with Crippen LogP contribution in [0.15, 0.2) is 24.3 Å². The van der Waals surface area contributed by atoms with Crippen molar-refractivity contribution in [2.75, 3.05) is 39.0 Å². The van der Waals surface area contributed by atoms with Gasteiger partial charge in [0.1, 0.15) is 0 Å². The van der Waals surface area contributed by atoms with Gasteiger partial charge in [0.25, 0.3) is 5.91 Å². The van der Waals surface area contributed by atoms with Gasteiger partial charge in [0.15, 0.2) is 0 Å². The van der Waals surface area contributed by atoms with Crippen LogP contribution in [0.4, 0.5) is 5.69 Å². The van der Waals surface area contributed by atoms with E-state index in [1.165, 1.54) is 39.0 Å². The first-order chi connectivity index (χ1) is 12.0. The molecule has 1 aliphatic carbocycles. The van der Waals surface area contributed by atoms with E-state index in [-0.39, 0.29) is 11.8 Å². The van der Waals surface area contributed by atoms with Gasteiger partial charge >= 0.3 is 0 Å². The van der Waals surface area contributed by atoms with Crippen molar-refractivity contribution < 1.29 is 9.59 Å². The summed E-state index contributed by atoms with van der Waals surface area (Å²) in [5, 5.41) is 2.74. The number of nitrogens with one attached hydrogen (secondary N) is 1. The van der Waals surface area contributed by atoms with Crippen molar-refractivity contribution in [3.8, 4) is 0 Å². The van der Waals surface area contributed by atoms with Gasteiger partial charge < -0.3 is 15.1 Å². The van der Waals surface area contributed by atoms with Gasteiger partial charge in [-0.25, -0.2) is 0 Å². The average molecular weight is 345 g/mol. The molecule has 138 valence electrons. The van der Waals surface area contributed by atoms with Gasteiger partial charge in [0.2, 0.25) is 5.91 Å². The third kappa shape index (κ3) is 6.50. The van der Waals surface area contributed by atoms with Gasteiger partial charge in [0, 0.05) is 37.8 Å². The predicted octanol–water partition coefficient (Wildman–Crippen LogP) is 3.23. The fraction of sp³-hybridized carbons (Fsp3) is 0.600. The molecule has 5 nitrogen and oxygen atoms in total. The van der Waals surface area contributed by atoms with Crippen LogP contribution in [-0.2, 0) is 4.79 Å². The first-order valence-electron chi connectivity index (χ1n) is 9.27. The van der Waals surface area contributed by atoms with E-state index in [9.17, 15) is 9.59 Å². The number of carbonyl (C=O) groups is 2. The van der Waals surface area contributed by atoms with Crippen LogP contribution >= 0.6 is 0 Å². The number of anilines is 1. The molecule has 0 aliphatic heterocycles. The first-order valence-corrected chi connectivity index (χ1v) is 9.27. The number of benzene rings is 1. The molecule has 1 aromatic rings. The quantitative estimate of drug-likeness (QED) is 0.825. The molecule has 2 rings (SSSR count). The minimum absolute atomic E-state index is 0.0850. The molecule has 5 heteroatoms. The lowest BCUT2D eigenvalue weighted by Crippen LogP contribution is -2.40. The summed E-state index contributed by atoms with van der Waals surface area (Å²) in [7, 11) is 4.07. The van der Waals surface area contributed by atoms with Crippen LogP contribution in [0.25, 0.3) is 0 Å². The highest BCUT2D eigenvalue weighted by Crippen LogP contribution is 2.25. The van der Waals surface area contributed by atoms with E-state index >= 15 is 0 Å². The Morgan fingerprint density at radius 2 is 1.68 bits per heavy atom. The fourth-order valence-electron chi connectivity index (χ4n) is 3.36. The van der Waals surface area contributed by atoms with Gasteiger partial charge in [-0.15, -0.1) is 0 Å². The molecule has 0 radical (unpaired) electrons. The van der Waals surface area contributed by atoms with E-state index < -0.39 is 0 Å². The Labute approximate surface area is 151 Å². The molecule has 25 heavy (non-hydrogen) atoms. The van der Waals surface area contributed by atoms with E-state index in [1.807, 2.05) is 19.0 Å². The zero-order valence-electron chi connectivity index (χ0n) is 15.8. The summed E-state index contributed by atoms with van der Waals surface area (Å²) in [6.45, 7) is 3.94. The van der Waals surface area contributed by atoms with Crippen LogP contribution in [0.5, 0.6) is 0 Å². The summed E-state index contributed by atoms with van der Waals surface area (Å²) in [6, 6.07) is 7.19. The second kappa shape index (κ2) is 9.56. The largest absolute Gasteiger partial charge is 0.337 e. The van der Waals surface area contributed by atoms with Gasteiger partial charge in [-0.3, -0.25) is 9.59 Å². The Morgan fingerprint density at radius 3 is 2.24 bits per heavy atom. The molecule has 0 aromatic heterocycles. The predicted molar refractivity (Wildman–Crippen MR) is 102 cm³/mol. The Morgan fingerprint density at radius 1 is 1.04 bits per heavy atom. The second-order valence-electron chi connectivity index (χ2n) is 7.32. The van der Waals surface area contributed by atoms with Crippen LogP contribution < -0.4 is 5.32 Å². The van der Waals surface area contributed by atoms with Crippen LogP contribution in [0, 0.1) is 5.92 Å². The zero-order valence-corrected chi connectivity index (χ0v) is 15.8. The summed E-state index contributed by atoms with van der Waals surface area (Å²) in [5.74, 6) is 0.601. The second-order valence-corrected chi connectivity index (χ2v) is 7.32. The maximum atomic E-state index is 13.0. The SMILES string of the molecule is CC(=O)Nc1ccc(C(=O)N(CCN(C)C)CC2CCCCC2)cc1. The number of amides is 2. The third-order valence-corrected chi connectivity index (χ3v) is 4.76. The maximum Gasteiger partial charge on any atom is 0.253 e. The average Bonchev–Trinajstić information content (AvgIpc) is 2.59. The molecular weight excluding hydrogens is 314 g/mol. The molecule has 2 amide bonds. The van der Waals surface area contributed by atoms with Gasteiger partial charge in [-0.2, -0.15) is 0 Å². The number of carbonyl (C=O) groups excluding carboxylic acids is 2. The third-order valence-electron chi connectivity index (χ3n) is 4.76. The molecule has 1 saturated carbocycles. The molecule has 0 spiro atoms. The van der Waals surface area contributed by atoms with E-state index in [1.54, 1.807) is 24.3 Å². The number of likely N-dealkylation sites (N-methyl/N-ethyl adjacent to an activating group) is 1. The molecule has 0 heterocycles. The smallest absolute Gasteiger partial charge is 0.253 e. The van der Waals surface area contributed by atoms with Crippen LogP contribution in [0.1, 0.15) is 49.4 Å². The summed E-state index contributed by atoms with van der Waals surface area (Å²) in [5.41, 5.74) is 1.40. The normalized spacial score (nSPS) is 15.2. The van der Waals surface area contributed by atoms with Gasteiger partial charge in [-0.1, -0.05) is 19.3 Å². The van der Waals surface area contributed by atoms with Crippen molar-refractivity contribution in [3.05, 3.63) is 29.8 Å². The van der Waals surface area contributed by atoms with E-state index in [2.05, 4.69) is 10.2 Å². The molecule has 0 atom stereocenters. The molecule has 1 fully saturated rings. The number of nitrogens with zero attached hydrogens (tertiary/aromatic N) is 2. The van der Waals surface area contributed by atoms with Crippen LogP contribution in [-0.4, -0.2) is 55.3 Å². The van der Waals surface area contributed by atoms with Crippen molar-refractivity contribution in [1.29, 1.82) is 0 Å². The Balaban J connectivity index is 2.05. The molecule has 1 N–H and O–H groups in total. The summed E-state index contributed by atoms with van der Waals surface area (Å²) in [6.07, 6.45) is 6.35. The van der Waals surface area contributed by atoms with Crippen molar-refractivity contribution in [2.24, 2.45) is 5.92 Å². The fourth-order valence-corrected chi connectivity index (χ4v) is 3.36. The maximum absolute atomic E-state index is 13.0. The number of hydrogen-bond acceptors (Lipinski definition) is 3. The van der Waals surface area contributed by atoms with Crippen molar-refractivity contribution >= 4 is 17.5 Å². The van der Waals surface area contributed by atoms with Crippen molar-refractivity contribution in [1.82, 2.24) is 9.80 Å². The first kappa shape index (κ1) is 19.4. The zero-order chi connectivity index (χ0) is 18.2. The minimum Gasteiger partial charge on any atom is -0.337 e. The Kier molecular flexibility index (Phi) is 7.44. The molecule has 0 unspecified atom stereocenters. The van der Waals surface area contributed by atoms with Crippen LogP contribution in [0.3, 0.4) is 0 Å². The highest BCUT2D eigenvalue weighted by molar-refractivity contribution is 5.95. The van der Waals surface area contributed by atoms with Gasteiger partial charge in [-0.05, 0) is 57.1 Å². The topological polar surface area (TPSA) is 52.7 Å².